The van der Waals surface area contributed by atoms with Crippen molar-refractivity contribution in [3.05, 3.63) is 87.2 Å². The fourth-order valence-electron chi connectivity index (χ4n) is 7.95. The molecule has 0 radical (unpaired) electrons. The molecule has 1 aromatic heterocycles. The number of carbonyl (C=O) groups is 2. The number of primary amides is 1. The van der Waals surface area contributed by atoms with E-state index in [-0.39, 0.29) is 44.5 Å². The van der Waals surface area contributed by atoms with Crippen LogP contribution < -0.4 is 47.7 Å². The van der Waals surface area contributed by atoms with Crippen LogP contribution in [0, 0.1) is 0 Å². The average Bonchev–Trinajstić information content (AvgIpc) is 3.63. The monoisotopic (exact) mass is 894 g/mol. The van der Waals surface area contributed by atoms with Crippen LogP contribution in [0.2, 0.25) is 0 Å². The van der Waals surface area contributed by atoms with Gasteiger partial charge in [-0.05, 0) is 48.4 Å². The zero-order chi connectivity index (χ0) is 45.0. The lowest BCUT2D eigenvalue weighted by Gasteiger charge is -2.35. The Morgan fingerprint density at radius 2 is 1.57 bits per heavy atom. The molecule has 63 heavy (non-hydrogen) atoms. The molecule has 4 fully saturated rings. The maximum absolute atomic E-state index is 13.1. The van der Waals surface area contributed by atoms with Crippen LogP contribution >= 0.6 is 0 Å². The standard InChI is InChI=1S/C39H49F3N8O13/c40-39(41,42)62-24-8-6-22(7-9-24)58-23-10-15-48(16-11-23)21-4-2-20(3-5-21)19-46-37(56)45-13-1-14-50-27(34(44)55)31(61-36-33(63-50)28(52)25(18-43)59-36)32-29(53)30(54)35(60-32)49-17-12-26(51)47-38(49)57/h2-9,12,17,23,25,27-33,35-36,52-54H,1,10-11,13-16,18-19,43H2,(H2,44,55)(H2,45,46,56)(H,47,51,57). The van der Waals surface area contributed by atoms with Crippen molar-refractivity contribution >= 4 is 17.6 Å². The van der Waals surface area contributed by atoms with Crippen LogP contribution in [0.4, 0.5) is 23.7 Å². The summed E-state index contributed by atoms with van der Waals surface area (Å²) in [4.78, 5) is 60.4. The predicted octanol–water partition coefficient (Wildman–Crippen LogP) is -1.11. The van der Waals surface area contributed by atoms with E-state index in [0.29, 0.717) is 31.7 Å². The summed E-state index contributed by atoms with van der Waals surface area (Å²) in [5.41, 5.74) is 11.8. The lowest BCUT2D eigenvalue weighted by atomic mass is 9.98. The molecule has 10 N–H and O–H groups in total. The van der Waals surface area contributed by atoms with Crippen LogP contribution in [0.3, 0.4) is 0 Å². The second-order valence-corrected chi connectivity index (χ2v) is 15.4. The minimum absolute atomic E-state index is 0.0795. The number of aromatic amines is 1. The van der Waals surface area contributed by atoms with Crippen molar-refractivity contribution in [2.45, 2.75) is 99.6 Å². The number of nitrogens with two attached hydrogens (primary N) is 2. The van der Waals surface area contributed by atoms with Crippen LogP contribution in [-0.2, 0) is 30.4 Å². The van der Waals surface area contributed by atoms with E-state index in [0.717, 1.165) is 33.1 Å². The maximum atomic E-state index is 13.1. The van der Waals surface area contributed by atoms with Crippen LogP contribution in [-0.4, -0.2) is 142 Å². The predicted molar refractivity (Wildman–Crippen MR) is 211 cm³/mol. The normalized spacial score (nSPS) is 29.2. The Morgan fingerprint density at radius 3 is 2.22 bits per heavy atom. The Labute approximate surface area is 356 Å². The first-order valence-corrected chi connectivity index (χ1v) is 20.2. The maximum Gasteiger partial charge on any atom is 0.573 e. The second-order valence-electron chi connectivity index (χ2n) is 15.4. The molecule has 4 aliphatic rings. The van der Waals surface area contributed by atoms with E-state index in [1.807, 2.05) is 29.2 Å². The summed E-state index contributed by atoms with van der Waals surface area (Å²) in [5, 5.41) is 39.7. The Bertz CT molecular complexity index is 2140. The fraction of sp³-hybridized carbons (Fsp3) is 0.538. The number of nitrogens with zero attached hydrogens (tertiary/aromatic N) is 3. The molecule has 4 saturated heterocycles. The third kappa shape index (κ3) is 10.9. The molecule has 4 aliphatic heterocycles. The number of anilines is 1. The minimum atomic E-state index is -4.77. The molecule has 10 atom stereocenters. The number of ether oxygens (including phenoxy) is 5. The van der Waals surface area contributed by atoms with Crippen molar-refractivity contribution in [3.63, 3.8) is 0 Å². The van der Waals surface area contributed by atoms with Gasteiger partial charge in [-0.15, -0.1) is 13.2 Å². The number of hydrogen-bond donors (Lipinski definition) is 8. The highest BCUT2D eigenvalue weighted by atomic mass is 19.4. The Hall–Kier alpha value is -5.31. The number of piperidine rings is 1. The van der Waals surface area contributed by atoms with Gasteiger partial charge in [-0.3, -0.25) is 24.0 Å². The highest BCUT2D eigenvalue weighted by Gasteiger charge is 2.58. The average molecular weight is 895 g/mol. The molecular formula is C39H49F3N8O13. The van der Waals surface area contributed by atoms with Crippen LogP contribution in [0.25, 0.3) is 0 Å². The number of aliphatic hydroxyl groups excluding tert-OH is 3. The van der Waals surface area contributed by atoms with Gasteiger partial charge in [-0.25, -0.2) is 9.59 Å². The zero-order valence-corrected chi connectivity index (χ0v) is 33.5. The summed E-state index contributed by atoms with van der Waals surface area (Å²) in [6.07, 6.45) is -15.1. The van der Waals surface area contributed by atoms with E-state index < -0.39 is 90.8 Å². The number of fused-ring (bicyclic) bond motifs is 1. The van der Waals surface area contributed by atoms with Gasteiger partial charge in [0.1, 0.15) is 60.3 Å². The number of alkyl halides is 3. The number of nitrogens with one attached hydrogen (secondary N) is 3. The lowest BCUT2D eigenvalue weighted by Crippen LogP contribution is -2.58. The molecule has 3 aromatic rings. The van der Waals surface area contributed by atoms with Gasteiger partial charge in [-0.2, -0.15) is 5.06 Å². The van der Waals surface area contributed by atoms with Crippen molar-refractivity contribution in [1.82, 2.24) is 25.2 Å². The van der Waals surface area contributed by atoms with Gasteiger partial charge in [-0.1, -0.05) is 12.1 Å². The van der Waals surface area contributed by atoms with Crippen molar-refractivity contribution in [2.75, 3.05) is 37.6 Å². The molecule has 0 aliphatic carbocycles. The molecule has 5 heterocycles. The van der Waals surface area contributed by atoms with Gasteiger partial charge in [0.05, 0.1) is 0 Å². The summed E-state index contributed by atoms with van der Waals surface area (Å²) in [7, 11) is 0. The summed E-state index contributed by atoms with van der Waals surface area (Å²) >= 11 is 0. The summed E-state index contributed by atoms with van der Waals surface area (Å²) in [5.74, 6) is -0.866. The van der Waals surface area contributed by atoms with E-state index in [2.05, 4.69) is 20.3 Å². The first-order valence-electron chi connectivity index (χ1n) is 20.2. The number of hydrogen-bond acceptors (Lipinski definition) is 16. The van der Waals surface area contributed by atoms with Crippen molar-refractivity contribution in [1.29, 1.82) is 0 Å². The van der Waals surface area contributed by atoms with E-state index in [1.165, 1.54) is 24.3 Å². The van der Waals surface area contributed by atoms with Crippen molar-refractivity contribution < 1.29 is 66.6 Å². The van der Waals surface area contributed by atoms with Crippen LogP contribution in [0.5, 0.6) is 11.5 Å². The van der Waals surface area contributed by atoms with Gasteiger partial charge < -0.3 is 66.0 Å². The molecule has 0 spiro atoms. The lowest BCUT2D eigenvalue weighted by molar-refractivity contribution is -0.274. The number of amides is 3. The number of halogens is 3. The van der Waals surface area contributed by atoms with Gasteiger partial charge in [0.15, 0.2) is 18.6 Å². The Balaban J connectivity index is 0.898. The number of hydroxylamine groups is 2. The SMILES string of the molecule is NCC1OC2OC(C3OC(n4ccc(=O)[nH]c4=O)C(O)C3O)C(C(N)=O)N(CCCNC(=O)NCc3ccc(N4CCC(Oc5ccc(OC(F)(F)F)cc5)CC4)cc3)OC2C1O. The Kier molecular flexibility index (Phi) is 14.2. The van der Waals surface area contributed by atoms with Gasteiger partial charge >= 0.3 is 18.1 Å². The fourth-order valence-corrected chi connectivity index (χ4v) is 7.95. The molecule has 3 amide bonds. The quantitative estimate of drug-likeness (QED) is 0.0891. The number of aromatic nitrogens is 2. The number of benzene rings is 2. The van der Waals surface area contributed by atoms with Gasteiger partial charge in [0.2, 0.25) is 5.91 Å². The van der Waals surface area contributed by atoms with E-state index >= 15 is 0 Å². The smallest absolute Gasteiger partial charge is 0.490 e. The molecule has 21 nitrogen and oxygen atoms in total. The zero-order valence-electron chi connectivity index (χ0n) is 33.5. The molecule has 7 rings (SSSR count). The third-order valence-corrected chi connectivity index (χ3v) is 11.1. The highest BCUT2D eigenvalue weighted by molar-refractivity contribution is 5.80. The topological polar surface area (TPSA) is 288 Å². The molecule has 2 aromatic carbocycles. The largest absolute Gasteiger partial charge is 0.573 e. The summed E-state index contributed by atoms with van der Waals surface area (Å²) in [6, 6.07) is 12.0. The highest BCUT2D eigenvalue weighted by Crippen LogP contribution is 2.38. The number of carbonyl (C=O) groups excluding carboxylic acids is 2. The van der Waals surface area contributed by atoms with Crippen molar-refractivity contribution in [2.24, 2.45) is 11.5 Å². The minimum Gasteiger partial charge on any atom is -0.490 e. The van der Waals surface area contributed by atoms with E-state index in [4.69, 9.17) is 35.3 Å². The Morgan fingerprint density at radius 1 is 0.873 bits per heavy atom. The van der Waals surface area contributed by atoms with Gasteiger partial charge in [0.25, 0.3) is 5.56 Å². The number of urea groups is 1. The molecule has 344 valence electrons. The van der Waals surface area contributed by atoms with E-state index in [1.54, 1.807) is 0 Å². The van der Waals surface area contributed by atoms with Crippen LogP contribution in [0.1, 0.15) is 31.1 Å². The van der Waals surface area contributed by atoms with Crippen molar-refractivity contribution in [3.8, 4) is 11.5 Å². The number of H-pyrrole nitrogens is 1. The molecular weight excluding hydrogens is 845 g/mol. The molecule has 24 heteroatoms. The first-order chi connectivity index (χ1) is 30.1. The molecule has 0 bridgehead atoms. The number of aliphatic hydroxyl groups is 3. The molecule has 0 saturated carbocycles. The van der Waals surface area contributed by atoms with Crippen LogP contribution in [0.15, 0.2) is 70.4 Å². The van der Waals surface area contributed by atoms with E-state index in [9.17, 15) is 47.7 Å². The summed E-state index contributed by atoms with van der Waals surface area (Å²) < 4.78 is 65.9. The summed E-state index contributed by atoms with van der Waals surface area (Å²) in [6.45, 7) is 1.47. The van der Waals surface area contributed by atoms with Gasteiger partial charge in [0, 0.05) is 70.1 Å². The second kappa shape index (κ2) is 19.6. The first kappa shape index (κ1) is 45.7. The molecule has 10 unspecified atom stereocenters. The number of rotatable bonds is 14. The third-order valence-electron chi connectivity index (χ3n) is 11.1.